The predicted octanol–water partition coefficient (Wildman–Crippen LogP) is 4.32. The lowest BCUT2D eigenvalue weighted by Crippen LogP contribution is -2.33. The molecule has 6 heteroatoms. The molecule has 4 nitrogen and oxygen atoms in total. The second-order valence-corrected chi connectivity index (χ2v) is 5.60. The van der Waals surface area contributed by atoms with Crippen LogP contribution in [0.2, 0.25) is 0 Å². The van der Waals surface area contributed by atoms with Crippen LogP contribution in [-0.2, 0) is 4.79 Å². The van der Waals surface area contributed by atoms with E-state index in [0.717, 1.165) is 10.6 Å². The van der Waals surface area contributed by atoms with Crippen LogP contribution in [-0.4, -0.2) is 37.8 Å². The molecule has 1 amide bonds. The number of anilines is 1. The van der Waals surface area contributed by atoms with Gasteiger partial charge >= 0.3 is 0 Å². The van der Waals surface area contributed by atoms with Crippen LogP contribution in [0.3, 0.4) is 0 Å². The summed E-state index contributed by atoms with van der Waals surface area (Å²) in [6.45, 7) is 7.53. The van der Waals surface area contributed by atoms with E-state index in [1.165, 1.54) is 0 Å². The molecule has 23 heavy (non-hydrogen) atoms. The number of halogens is 1. The van der Waals surface area contributed by atoms with Crippen molar-refractivity contribution in [1.82, 2.24) is 0 Å². The van der Waals surface area contributed by atoms with E-state index < -0.39 is 0 Å². The lowest BCUT2D eigenvalue weighted by atomic mass is 10.2. The van der Waals surface area contributed by atoms with Crippen LogP contribution in [0.15, 0.2) is 29.2 Å². The minimum atomic E-state index is -0.137. The topological polar surface area (TPSA) is 38.8 Å². The molecule has 0 saturated carbocycles. The Morgan fingerprint density at radius 3 is 2.52 bits per heavy atom. The maximum absolute atomic E-state index is 12.1. The highest BCUT2D eigenvalue weighted by Crippen LogP contribution is 2.34. The minimum absolute atomic E-state index is 0.0557. The SMILES string of the molecule is C/C=C(/CN(C(=O)CCl)c1ccc2c(c1)OCCO2)SC.CC. The Bertz CT molecular complexity index is 549. The average Bonchev–Trinajstić information content (AvgIpc) is 2.63. The zero-order chi connectivity index (χ0) is 17.2. The van der Waals surface area contributed by atoms with Gasteiger partial charge in [0.05, 0.1) is 6.54 Å². The third-order valence-corrected chi connectivity index (χ3v) is 4.27. The molecule has 0 N–H and O–H groups in total. The first-order valence-corrected chi connectivity index (χ1v) is 9.40. The monoisotopic (exact) mass is 357 g/mol. The van der Waals surface area contributed by atoms with Gasteiger partial charge in [-0.25, -0.2) is 0 Å². The summed E-state index contributed by atoms with van der Waals surface area (Å²) in [6, 6.07) is 5.50. The number of benzene rings is 1. The van der Waals surface area contributed by atoms with Gasteiger partial charge in [-0.05, 0) is 25.3 Å². The number of alkyl halides is 1. The summed E-state index contributed by atoms with van der Waals surface area (Å²) < 4.78 is 11.1. The van der Waals surface area contributed by atoms with E-state index in [9.17, 15) is 4.79 Å². The van der Waals surface area contributed by atoms with E-state index in [-0.39, 0.29) is 11.8 Å². The molecule has 1 aromatic carbocycles. The van der Waals surface area contributed by atoms with Crippen LogP contribution in [0.5, 0.6) is 11.5 Å². The Hall–Kier alpha value is -1.33. The van der Waals surface area contributed by atoms with Crippen molar-refractivity contribution in [2.75, 3.05) is 36.8 Å². The van der Waals surface area contributed by atoms with E-state index in [4.69, 9.17) is 21.1 Å². The largest absolute Gasteiger partial charge is 0.486 e. The second-order valence-electron chi connectivity index (χ2n) is 4.40. The number of allylic oxidation sites excluding steroid dienone is 1. The lowest BCUT2D eigenvalue weighted by molar-refractivity contribution is -0.116. The number of ether oxygens (including phenoxy) is 2. The van der Waals surface area contributed by atoms with Gasteiger partial charge in [0.1, 0.15) is 19.1 Å². The molecular weight excluding hydrogens is 334 g/mol. The van der Waals surface area contributed by atoms with Crippen LogP contribution in [0.1, 0.15) is 20.8 Å². The number of hydrogen-bond donors (Lipinski definition) is 0. The normalized spacial score (nSPS) is 13.0. The van der Waals surface area contributed by atoms with Gasteiger partial charge in [-0.3, -0.25) is 4.79 Å². The summed E-state index contributed by atoms with van der Waals surface area (Å²) in [6.07, 6.45) is 3.99. The van der Waals surface area contributed by atoms with Gasteiger partial charge in [-0.1, -0.05) is 19.9 Å². The maximum atomic E-state index is 12.1. The van der Waals surface area contributed by atoms with Gasteiger partial charge in [-0.15, -0.1) is 23.4 Å². The zero-order valence-corrected chi connectivity index (χ0v) is 15.7. The van der Waals surface area contributed by atoms with Crippen LogP contribution >= 0.6 is 23.4 Å². The molecule has 0 aliphatic carbocycles. The first kappa shape index (κ1) is 19.7. The minimum Gasteiger partial charge on any atom is -0.486 e. The zero-order valence-electron chi connectivity index (χ0n) is 14.1. The summed E-state index contributed by atoms with van der Waals surface area (Å²) in [5, 5.41) is 0. The molecule has 128 valence electrons. The molecule has 0 radical (unpaired) electrons. The summed E-state index contributed by atoms with van der Waals surface area (Å²) in [7, 11) is 0. The molecule has 0 fully saturated rings. The number of carbonyl (C=O) groups is 1. The predicted molar refractivity (Wildman–Crippen MR) is 99.1 cm³/mol. The van der Waals surface area contributed by atoms with E-state index in [0.29, 0.717) is 31.3 Å². The van der Waals surface area contributed by atoms with Gasteiger partial charge in [0.15, 0.2) is 11.5 Å². The molecule has 2 rings (SSSR count). The Morgan fingerprint density at radius 1 is 1.30 bits per heavy atom. The number of fused-ring (bicyclic) bond motifs is 1. The first-order valence-electron chi connectivity index (χ1n) is 7.64. The third kappa shape index (κ3) is 5.36. The number of carbonyl (C=O) groups excluding carboxylic acids is 1. The molecule has 0 atom stereocenters. The standard InChI is InChI=1S/C15H18ClNO3S.C2H6/c1-3-12(21-2)10-17(15(18)9-16)11-4-5-13-14(8-11)20-7-6-19-13;1-2/h3-5,8H,6-7,9-10H2,1-2H3;1-2H3/b12-3-;. The maximum Gasteiger partial charge on any atom is 0.242 e. The number of hydrogen-bond acceptors (Lipinski definition) is 4. The Kier molecular flexibility index (Phi) is 8.95. The highest BCUT2D eigenvalue weighted by atomic mass is 35.5. The van der Waals surface area contributed by atoms with Gasteiger partial charge < -0.3 is 14.4 Å². The molecule has 1 aromatic rings. The van der Waals surface area contributed by atoms with Crippen molar-refractivity contribution in [1.29, 1.82) is 0 Å². The van der Waals surface area contributed by atoms with E-state index in [1.54, 1.807) is 16.7 Å². The van der Waals surface area contributed by atoms with Crippen LogP contribution in [0.25, 0.3) is 0 Å². The fourth-order valence-corrected chi connectivity index (χ4v) is 2.66. The van der Waals surface area contributed by atoms with Crippen molar-refractivity contribution in [2.45, 2.75) is 20.8 Å². The molecule has 1 aliphatic rings. The average molecular weight is 358 g/mol. The third-order valence-electron chi connectivity index (χ3n) is 3.15. The molecule has 1 heterocycles. The van der Waals surface area contributed by atoms with E-state index in [1.807, 2.05) is 51.3 Å². The van der Waals surface area contributed by atoms with E-state index in [2.05, 4.69) is 0 Å². The van der Waals surface area contributed by atoms with Crippen molar-refractivity contribution in [3.05, 3.63) is 29.2 Å². The van der Waals surface area contributed by atoms with Gasteiger partial charge in [0.2, 0.25) is 5.91 Å². The fraction of sp³-hybridized carbons (Fsp3) is 0.471. The number of amides is 1. The van der Waals surface area contributed by atoms with Crippen LogP contribution < -0.4 is 14.4 Å². The molecule has 0 aromatic heterocycles. The summed E-state index contributed by atoms with van der Waals surface area (Å²) in [5.41, 5.74) is 0.762. The quantitative estimate of drug-likeness (QED) is 0.735. The molecule has 0 saturated heterocycles. The Balaban J connectivity index is 0.00000127. The molecule has 0 spiro atoms. The van der Waals surface area contributed by atoms with Crippen LogP contribution in [0.4, 0.5) is 5.69 Å². The molecule has 0 unspecified atom stereocenters. The second kappa shape index (κ2) is 10.4. The molecular formula is C17H24ClNO3S. The van der Waals surface area contributed by atoms with Crippen molar-refractivity contribution in [3.63, 3.8) is 0 Å². The smallest absolute Gasteiger partial charge is 0.242 e. The number of rotatable bonds is 5. The van der Waals surface area contributed by atoms with Crippen molar-refractivity contribution >= 4 is 35.0 Å². The first-order chi connectivity index (χ1) is 11.2. The number of nitrogens with zero attached hydrogens (tertiary/aromatic N) is 1. The van der Waals surface area contributed by atoms with Gasteiger partial charge in [0.25, 0.3) is 0 Å². The van der Waals surface area contributed by atoms with Crippen LogP contribution in [0, 0.1) is 0 Å². The Morgan fingerprint density at radius 2 is 1.96 bits per heavy atom. The van der Waals surface area contributed by atoms with Crippen molar-refractivity contribution < 1.29 is 14.3 Å². The highest BCUT2D eigenvalue weighted by Gasteiger charge is 2.19. The summed E-state index contributed by atoms with van der Waals surface area (Å²) in [4.78, 5) is 14.9. The Labute approximate surface area is 147 Å². The summed E-state index contributed by atoms with van der Waals surface area (Å²) in [5.74, 6) is 1.18. The molecule has 1 aliphatic heterocycles. The highest BCUT2D eigenvalue weighted by molar-refractivity contribution is 8.02. The van der Waals surface area contributed by atoms with Gasteiger partial charge in [0, 0.05) is 16.7 Å². The van der Waals surface area contributed by atoms with Crippen molar-refractivity contribution in [2.24, 2.45) is 0 Å². The fourth-order valence-electron chi connectivity index (χ4n) is 2.03. The van der Waals surface area contributed by atoms with Crippen molar-refractivity contribution in [3.8, 4) is 11.5 Å². The number of thioether (sulfide) groups is 1. The lowest BCUT2D eigenvalue weighted by Gasteiger charge is -2.25. The molecule has 0 bridgehead atoms. The van der Waals surface area contributed by atoms with Gasteiger partial charge in [-0.2, -0.15) is 0 Å². The van der Waals surface area contributed by atoms with E-state index >= 15 is 0 Å². The summed E-state index contributed by atoms with van der Waals surface area (Å²) >= 11 is 7.35.